The Balaban J connectivity index is 1.29. The summed E-state index contributed by atoms with van der Waals surface area (Å²) in [5, 5.41) is 27.8. The number of hydrogen-bond donors (Lipinski definition) is 3. The van der Waals surface area contributed by atoms with Gasteiger partial charge in [-0.1, -0.05) is 66.5 Å². The van der Waals surface area contributed by atoms with Crippen LogP contribution in [0, 0.1) is 23.7 Å². The van der Waals surface area contributed by atoms with Crippen LogP contribution >= 0.6 is 0 Å². The number of aliphatic hydroxyl groups excluding tert-OH is 2. The van der Waals surface area contributed by atoms with Crippen molar-refractivity contribution in [1.82, 2.24) is 10.2 Å². The molecule has 0 saturated heterocycles. The number of carbonyl (C=O) groups is 2. The monoisotopic (exact) mass is 877 g/mol. The second-order valence-electron chi connectivity index (χ2n) is 18.6. The maximum Gasteiger partial charge on any atom is 0.412 e. The number of fused-ring (bicyclic) bond motifs is 3. The Morgan fingerprint density at radius 2 is 1.69 bits per heavy atom. The van der Waals surface area contributed by atoms with Crippen LogP contribution in [0.3, 0.4) is 0 Å². The minimum absolute atomic E-state index is 0.000448. The van der Waals surface area contributed by atoms with Gasteiger partial charge in [0, 0.05) is 50.1 Å². The smallest absolute Gasteiger partial charge is 0.412 e. The van der Waals surface area contributed by atoms with E-state index in [0.717, 1.165) is 60.8 Å². The molecule has 3 aromatic carbocycles. The molecular formula is C51H63N3O10. The molecule has 5 aliphatic rings. The maximum atomic E-state index is 14.9. The molecule has 3 aliphatic carbocycles. The minimum Gasteiger partial charge on any atom is -0.459 e. The van der Waals surface area contributed by atoms with E-state index in [2.05, 4.69) is 18.0 Å². The van der Waals surface area contributed by atoms with Crippen molar-refractivity contribution in [2.45, 2.75) is 115 Å². The number of carbonyl (C=O) groups excluding carboxylic acids is 2. The van der Waals surface area contributed by atoms with Crippen molar-refractivity contribution < 1.29 is 48.3 Å². The Labute approximate surface area is 376 Å². The van der Waals surface area contributed by atoms with Crippen molar-refractivity contribution in [2.24, 2.45) is 28.8 Å². The highest BCUT2D eigenvalue weighted by Crippen LogP contribution is 2.62. The minimum atomic E-state index is -1.43. The van der Waals surface area contributed by atoms with Gasteiger partial charge in [0.15, 0.2) is 11.5 Å². The van der Waals surface area contributed by atoms with E-state index in [-0.39, 0.29) is 69.2 Å². The summed E-state index contributed by atoms with van der Waals surface area (Å²) >= 11 is 0. The third-order valence-electron chi connectivity index (χ3n) is 12.9. The second-order valence-corrected chi connectivity index (χ2v) is 18.6. The molecule has 6 atom stereocenters. The van der Waals surface area contributed by atoms with Crippen LogP contribution in [0.25, 0.3) is 0 Å². The Morgan fingerprint density at radius 1 is 0.938 bits per heavy atom. The number of rotatable bonds is 19. The van der Waals surface area contributed by atoms with E-state index in [1.807, 2.05) is 86.3 Å². The number of oxime groups is 1. The van der Waals surface area contributed by atoms with Gasteiger partial charge in [0.25, 0.3) is 0 Å². The molecule has 2 amide bonds. The van der Waals surface area contributed by atoms with E-state index in [1.54, 1.807) is 12.1 Å². The summed E-state index contributed by atoms with van der Waals surface area (Å²) in [4.78, 5) is 36.5. The zero-order chi connectivity index (χ0) is 44.8. The highest BCUT2D eigenvalue weighted by Gasteiger charge is 2.66. The van der Waals surface area contributed by atoms with Crippen molar-refractivity contribution in [3.8, 4) is 23.0 Å². The lowest BCUT2D eigenvalue weighted by Gasteiger charge is -2.60. The average molecular weight is 878 g/mol. The first-order chi connectivity index (χ1) is 31.0. The summed E-state index contributed by atoms with van der Waals surface area (Å²) in [6.45, 7) is 10.9. The van der Waals surface area contributed by atoms with Crippen LogP contribution in [-0.2, 0) is 27.5 Å². The number of hydrogen-bond acceptors (Lipinski definition) is 11. The van der Waals surface area contributed by atoms with Gasteiger partial charge in [-0.3, -0.25) is 4.79 Å². The van der Waals surface area contributed by atoms with Gasteiger partial charge in [-0.25, -0.2) is 4.79 Å². The fourth-order valence-corrected chi connectivity index (χ4v) is 9.96. The lowest BCUT2D eigenvalue weighted by molar-refractivity contribution is -0.258. The molecule has 0 aromatic heterocycles. The standard InChI is InChI=1S/C51H63N3O10/c1-5-25-61-51-45(54(48(57)35-18-19-35)31-34-17-21-43-44(26-34)60-32-59-43)29-41(53-64-50(2,3)4)39-27-36(15-9-11-23-55)38(16-10-12-24-56)46(47(39)51)40-28-37(20-22-42(40)63-51)62-49(58)52-30-33-13-7-6-8-14-33/h5-8,13-14,17,20-22,26-28,35-36,38,45-47,55-56H,1,9-12,15-16,18-19,23-25,29-32H2,2-4H3,(H,52,58). The number of allylic oxidation sites excluding steroid dienone is 1. The van der Waals surface area contributed by atoms with Crippen LogP contribution in [0.1, 0.15) is 101 Å². The lowest BCUT2D eigenvalue weighted by atomic mass is 9.55. The van der Waals surface area contributed by atoms with E-state index < -0.39 is 29.4 Å². The topological polar surface area (TPSA) is 158 Å². The van der Waals surface area contributed by atoms with E-state index in [1.165, 1.54) is 0 Å². The number of nitrogens with one attached hydrogen (secondary N) is 1. The molecule has 2 aliphatic heterocycles. The predicted octanol–water partition coefficient (Wildman–Crippen LogP) is 8.57. The van der Waals surface area contributed by atoms with E-state index in [0.29, 0.717) is 48.1 Å². The van der Waals surface area contributed by atoms with Crippen molar-refractivity contribution >= 4 is 17.7 Å². The molecule has 64 heavy (non-hydrogen) atoms. The fourth-order valence-electron chi connectivity index (χ4n) is 9.96. The first-order valence-corrected chi connectivity index (χ1v) is 23.0. The largest absolute Gasteiger partial charge is 0.459 e. The van der Waals surface area contributed by atoms with Gasteiger partial charge in [-0.15, -0.1) is 6.58 Å². The van der Waals surface area contributed by atoms with Crippen molar-refractivity contribution in [3.63, 3.8) is 0 Å². The molecule has 2 saturated carbocycles. The van der Waals surface area contributed by atoms with Crippen LogP contribution in [0.15, 0.2) is 96.2 Å². The van der Waals surface area contributed by atoms with Gasteiger partial charge in [0.05, 0.1) is 18.2 Å². The summed E-state index contributed by atoms with van der Waals surface area (Å²) in [5.74, 6) is -0.0885. The van der Waals surface area contributed by atoms with Gasteiger partial charge in [0.2, 0.25) is 18.5 Å². The summed E-state index contributed by atoms with van der Waals surface area (Å²) in [5.41, 5.74) is 3.71. The Kier molecular flexibility index (Phi) is 14.0. The van der Waals surface area contributed by atoms with Crippen molar-refractivity contribution in [1.29, 1.82) is 0 Å². The van der Waals surface area contributed by atoms with E-state index >= 15 is 0 Å². The maximum absolute atomic E-state index is 14.9. The SMILES string of the molecule is C=CCOC12Oc3ccc(OC(=O)NCc4ccccc4)cc3C3C(CCCCO)C(CCCCO)C=C(C(=NOC(C)(C)C)CC1N(Cc1ccc4c(c1)OCO4)C(=O)C1CC1)C32. The Hall–Kier alpha value is -5.37. The number of aliphatic hydroxyl groups is 2. The molecule has 3 aromatic rings. The highest BCUT2D eigenvalue weighted by molar-refractivity contribution is 6.03. The molecule has 0 bridgehead atoms. The third-order valence-corrected chi connectivity index (χ3v) is 12.9. The third kappa shape index (κ3) is 9.96. The molecule has 2 heterocycles. The van der Waals surface area contributed by atoms with Crippen LogP contribution < -0.4 is 24.3 Å². The fraction of sp³-hybridized carbons (Fsp3) is 0.510. The summed E-state index contributed by atoms with van der Waals surface area (Å²) in [6.07, 6.45) is 9.76. The second kappa shape index (κ2) is 19.8. The zero-order valence-corrected chi connectivity index (χ0v) is 37.3. The summed E-state index contributed by atoms with van der Waals surface area (Å²) in [7, 11) is 0. The number of unbranched alkanes of at least 4 members (excludes halogenated alkanes) is 2. The van der Waals surface area contributed by atoms with Crippen LogP contribution in [0.2, 0.25) is 0 Å². The number of ether oxygens (including phenoxy) is 5. The van der Waals surface area contributed by atoms with Gasteiger partial charge < -0.3 is 49.0 Å². The number of nitrogens with zero attached hydrogens (tertiary/aromatic N) is 2. The average Bonchev–Trinajstić information content (AvgIpc) is 4.04. The van der Waals surface area contributed by atoms with Gasteiger partial charge in [-0.2, -0.15) is 0 Å². The Bertz CT molecular complexity index is 2200. The molecule has 13 nitrogen and oxygen atoms in total. The predicted molar refractivity (Wildman–Crippen MR) is 241 cm³/mol. The van der Waals surface area contributed by atoms with E-state index in [4.69, 9.17) is 33.7 Å². The Morgan fingerprint density at radius 3 is 2.42 bits per heavy atom. The highest BCUT2D eigenvalue weighted by atomic mass is 16.7. The molecule has 8 rings (SSSR count). The van der Waals surface area contributed by atoms with Gasteiger partial charge in [-0.05, 0) is 118 Å². The van der Waals surface area contributed by atoms with Crippen LogP contribution in [-0.4, -0.2) is 76.9 Å². The van der Waals surface area contributed by atoms with Gasteiger partial charge >= 0.3 is 6.09 Å². The first-order valence-electron chi connectivity index (χ1n) is 23.0. The molecule has 6 unspecified atom stereocenters. The molecule has 0 radical (unpaired) electrons. The lowest BCUT2D eigenvalue weighted by Crippen LogP contribution is -2.70. The normalized spacial score (nSPS) is 24.7. The molecule has 2 fully saturated rings. The van der Waals surface area contributed by atoms with E-state index in [9.17, 15) is 19.8 Å². The zero-order valence-electron chi connectivity index (χ0n) is 37.3. The summed E-state index contributed by atoms with van der Waals surface area (Å²) in [6, 6.07) is 20.3. The quantitative estimate of drug-likeness (QED) is 0.0606. The van der Waals surface area contributed by atoms with Crippen LogP contribution in [0.4, 0.5) is 4.79 Å². The number of benzene rings is 3. The van der Waals surface area contributed by atoms with Crippen molar-refractivity contribution in [2.75, 3.05) is 26.6 Å². The van der Waals surface area contributed by atoms with Crippen LogP contribution in [0.5, 0.6) is 23.0 Å². The molecule has 342 valence electrons. The number of amides is 2. The molecule has 0 spiro atoms. The molecule has 3 N–H and O–H groups in total. The van der Waals surface area contributed by atoms with Gasteiger partial charge in [0.1, 0.15) is 23.1 Å². The van der Waals surface area contributed by atoms with Crippen molar-refractivity contribution in [3.05, 3.63) is 108 Å². The molecule has 13 heteroatoms. The summed E-state index contributed by atoms with van der Waals surface area (Å²) < 4.78 is 32.0. The molecular weight excluding hydrogens is 815 g/mol. The first kappa shape index (κ1) is 45.2.